The first-order chi connectivity index (χ1) is 38.3. The van der Waals surface area contributed by atoms with Crippen LogP contribution in [0.2, 0.25) is 0 Å². The average molecular weight is 1080 g/mol. The lowest BCUT2D eigenvalue weighted by molar-refractivity contribution is -0.166. The van der Waals surface area contributed by atoms with Crippen molar-refractivity contribution in [1.82, 2.24) is 39.0 Å². The summed E-state index contributed by atoms with van der Waals surface area (Å²) in [5.41, 5.74) is 11.8. The van der Waals surface area contributed by atoms with Gasteiger partial charge < -0.3 is 55.4 Å². The van der Waals surface area contributed by atoms with Gasteiger partial charge >= 0.3 is 17.9 Å². The van der Waals surface area contributed by atoms with Gasteiger partial charge in [0, 0.05) is 45.7 Å². The Bertz CT molecular complexity index is 3320. The predicted octanol–water partition coefficient (Wildman–Crippen LogP) is 4.41. The maximum atomic E-state index is 12.1. The molecule has 4 aromatic heterocycles. The lowest BCUT2D eigenvalue weighted by Gasteiger charge is -2.23. The number of nitrogens with two attached hydrogens (primary N) is 1. The van der Waals surface area contributed by atoms with Gasteiger partial charge in [-0.2, -0.15) is 15.2 Å². The van der Waals surface area contributed by atoms with Crippen molar-refractivity contribution in [2.75, 3.05) is 36.9 Å². The Balaban J connectivity index is 0.000000196. The molecule has 23 heteroatoms. The number of rotatable bonds is 18. The number of nitrogens with zero attached hydrogens (tertiary/aromatic N) is 9. The predicted molar refractivity (Wildman–Crippen MR) is 284 cm³/mol. The van der Waals surface area contributed by atoms with Gasteiger partial charge in [0.15, 0.2) is 58.6 Å². The van der Waals surface area contributed by atoms with E-state index in [-0.39, 0.29) is 36.5 Å². The number of carbonyl (C=O) groups is 3. The van der Waals surface area contributed by atoms with Crippen LogP contribution in [-0.4, -0.2) is 135 Å². The number of nitrogens with one attached hydrogen (secondary N) is 2. The first-order valence-electron chi connectivity index (χ1n) is 25.4. The van der Waals surface area contributed by atoms with Crippen LogP contribution in [0.1, 0.15) is 79.0 Å². The molecule has 0 aliphatic carbocycles. The molecule has 10 rings (SSSR count). The Morgan fingerprint density at radius 1 is 0.633 bits per heavy atom. The molecule has 6 unspecified atom stereocenters. The number of hydrogen-bond donors (Lipinski definition) is 6. The van der Waals surface area contributed by atoms with Crippen molar-refractivity contribution in [3.63, 3.8) is 0 Å². The molecule has 0 saturated carbocycles. The van der Waals surface area contributed by atoms with Gasteiger partial charge in [-0.3, -0.25) is 23.5 Å². The third-order valence-corrected chi connectivity index (χ3v) is 13.3. The molecule has 2 fully saturated rings. The minimum atomic E-state index is -1.25. The number of esters is 3. The van der Waals surface area contributed by atoms with Crippen molar-refractivity contribution < 1.29 is 53.4 Å². The molecule has 4 aromatic carbocycles. The number of ether oxygens (including phenoxy) is 5. The normalized spacial score (nSPS) is 20.6. The number of nitriles is 1. The lowest BCUT2D eigenvalue weighted by atomic mass is 9.91. The summed E-state index contributed by atoms with van der Waals surface area (Å²) < 4.78 is 31.0. The van der Waals surface area contributed by atoms with Crippen LogP contribution in [0.25, 0.3) is 22.3 Å². The van der Waals surface area contributed by atoms with Crippen LogP contribution in [0.3, 0.4) is 0 Å². The van der Waals surface area contributed by atoms with E-state index in [0.717, 1.165) is 22.3 Å². The first kappa shape index (κ1) is 55.0. The van der Waals surface area contributed by atoms with Crippen LogP contribution in [0, 0.1) is 11.3 Å². The van der Waals surface area contributed by atoms with E-state index in [9.17, 15) is 35.0 Å². The van der Waals surface area contributed by atoms with Crippen molar-refractivity contribution in [2.45, 2.75) is 88.2 Å². The van der Waals surface area contributed by atoms with Gasteiger partial charge in [0.2, 0.25) is 5.82 Å². The number of imidazole rings is 2. The van der Waals surface area contributed by atoms with Gasteiger partial charge in [0.1, 0.15) is 42.9 Å². The molecular formula is C56H58N12O11. The monoisotopic (exact) mass is 1070 g/mol. The van der Waals surface area contributed by atoms with Crippen molar-refractivity contribution in [3.05, 3.63) is 168 Å². The largest absolute Gasteiger partial charge is 0.463 e. The summed E-state index contributed by atoms with van der Waals surface area (Å²) in [5.74, 6) is -0.763. The zero-order valence-corrected chi connectivity index (χ0v) is 43.2. The zero-order valence-electron chi connectivity index (χ0n) is 43.2. The van der Waals surface area contributed by atoms with Crippen LogP contribution in [0.4, 0.5) is 11.6 Å². The van der Waals surface area contributed by atoms with Crippen molar-refractivity contribution in [1.29, 1.82) is 5.26 Å². The van der Waals surface area contributed by atoms with Crippen LogP contribution < -0.4 is 16.4 Å². The Kier molecular flexibility index (Phi) is 17.5. The second kappa shape index (κ2) is 25.1. The molecule has 79 heavy (non-hydrogen) atoms. The number of aliphatic hydroxyl groups is 3. The average Bonchev–Trinajstić information content (AvgIpc) is 4.46. The number of fused-ring (bicyclic) bond motifs is 2. The highest BCUT2D eigenvalue weighted by molar-refractivity contribution is 5.84. The molecular weight excluding hydrogens is 1020 g/mol. The fraction of sp³-hybridized carbons (Fsp3) is 0.321. The van der Waals surface area contributed by atoms with E-state index in [4.69, 9.17) is 29.4 Å². The third-order valence-electron chi connectivity index (χ3n) is 13.3. The number of hydrogen-bond acceptors (Lipinski definition) is 21. The fourth-order valence-electron chi connectivity index (χ4n) is 9.66. The van der Waals surface area contributed by atoms with E-state index in [1.54, 1.807) is 0 Å². The minimum Gasteiger partial charge on any atom is -0.463 e. The molecule has 8 atom stereocenters. The van der Waals surface area contributed by atoms with Crippen LogP contribution >= 0.6 is 0 Å². The summed E-state index contributed by atoms with van der Waals surface area (Å²) in [6, 6.07) is 42.4. The molecule has 0 bridgehead atoms. The van der Waals surface area contributed by atoms with Crippen molar-refractivity contribution in [2.24, 2.45) is 5.73 Å². The third kappa shape index (κ3) is 12.5. The topological polar surface area (TPSA) is 319 Å². The maximum Gasteiger partial charge on any atom is 0.303 e. The van der Waals surface area contributed by atoms with Crippen LogP contribution in [0.5, 0.6) is 0 Å². The van der Waals surface area contributed by atoms with E-state index in [0.29, 0.717) is 47.2 Å². The fourth-order valence-corrected chi connectivity index (χ4v) is 9.66. The van der Waals surface area contributed by atoms with Crippen LogP contribution in [0.15, 0.2) is 134 Å². The Hall–Kier alpha value is -8.76. The smallest absolute Gasteiger partial charge is 0.303 e. The van der Waals surface area contributed by atoms with Gasteiger partial charge in [0.05, 0.1) is 25.8 Å². The zero-order chi connectivity index (χ0) is 55.6. The molecule has 8 aromatic rings. The van der Waals surface area contributed by atoms with E-state index < -0.39 is 73.6 Å². The number of benzene rings is 4. The standard InChI is InChI=1S/C31H30N6O7.C25H28N6O4/c1-18(38)41-16-24-27(42-19(2)39)28(43-20(3)40)31(44-24)37-17-34-26-29(35-25(14-32)36-30(26)37)33-15-23(21-10-6-4-7-11-21)22-12-8-5-9-13-22;26-11-19-29-23(27-12-17(15-7-3-1-4-8-15)16-9-5-2-6-10-16)20-24(30-19)31(14-28-20)25-22(34)21(33)18(13-32)35-25/h4-13,17,23-24,27-28,31H,15-16H2,1-3H3,(H,33,35,36);1-10,14,17-18,21-22,25,32-34H,11-13,26H2,(H,27,29,30)/t24-,27?,28?,31?;18-,21?,22?,25?/m11/s1. The number of aromatic nitrogens is 8. The quantitative estimate of drug-likeness (QED) is 0.0512. The van der Waals surface area contributed by atoms with E-state index in [1.165, 1.54) is 42.6 Å². The SMILES string of the molecule is CC(=O)OC[C@H]1OC(n2cnc3c(NCC(c4ccccc4)c4ccccc4)nc(C#N)nc32)C(OC(C)=O)C1OC(C)=O.NCc1nc(NCC(c2ccccc2)c2ccccc2)c2ncn(C3O[C@H](CO)C(O)C3O)c2n1. The van der Waals surface area contributed by atoms with E-state index >= 15 is 0 Å². The highest BCUT2D eigenvalue weighted by Crippen LogP contribution is 2.38. The lowest BCUT2D eigenvalue weighted by Crippen LogP contribution is -2.40. The molecule has 7 N–H and O–H groups in total. The van der Waals surface area contributed by atoms with Gasteiger partial charge in [-0.15, -0.1) is 0 Å². The summed E-state index contributed by atoms with van der Waals surface area (Å²) in [4.78, 5) is 62.4. The summed E-state index contributed by atoms with van der Waals surface area (Å²) >= 11 is 0. The Labute approximate surface area is 453 Å². The first-order valence-corrected chi connectivity index (χ1v) is 25.4. The molecule has 2 aliphatic heterocycles. The molecule has 0 radical (unpaired) electrons. The highest BCUT2D eigenvalue weighted by atomic mass is 16.7. The van der Waals surface area contributed by atoms with Gasteiger partial charge in [-0.1, -0.05) is 121 Å². The number of anilines is 2. The molecule has 2 aliphatic rings. The van der Waals surface area contributed by atoms with Gasteiger partial charge in [-0.05, 0) is 22.3 Å². The Morgan fingerprint density at radius 3 is 1.53 bits per heavy atom. The number of carbonyl (C=O) groups excluding carboxylic acids is 3. The van der Waals surface area contributed by atoms with E-state index in [1.807, 2.05) is 103 Å². The molecule has 2 saturated heterocycles. The summed E-state index contributed by atoms with van der Waals surface area (Å²) in [6.07, 6.45) is -5.76. The van der Waals surface area contributed by atoms with Gasteiger partial charge in [-0.25, -0.2) is 19.9 Å². The second-order valence-electron chi connectivity index (χ2n) is 18.6. The van der Waals surface area contributed by atoms with E-state index in [2.05, 4.69) is 64.8 Å². The van der Waals surface area contributed by atoms with Crippen molar-refractivity contribution in [3.8, 4) is 6.07 Å². The molecule has 408 valence electrons. The molecule has 0 spiro atoms. The minimum absolute atomic E-state index is 0.0481. The summed E-state index contributed by atoms with van der Waals surface area (Å²) in [7, 11) is 0. The van der Waals surface area contributed by atoms with Crippen LogP contribution in [-0.2, 0) is 44.6 Å². The highest BCUT2D eigenvalue weighted by Gasteiger charge is 2.51. The molecule has 23 nitrogen and oxygen atoms in total. The number of aliphatic hydroxyl groups excluding tert-OH is 3. The Morgan fingerprint density at radius 2 is 1.09 bits per heavy atom. The van der Waals surface area contributed by atoms with Gasteiger partial charge in [0.25, 0.3) is 0 Å². The second-order valence-corrected chi connectivity index (χ2v) is 18.6. The molecule has 6 heterocycles. The maximum absolute atomic E-state index is 12.1. The molecule has 0 amide bonds. The summed E-state index contributed by atoms with van der Waals surface area (Å²) in [5, 5.41) is 46.7. The van der Waals surface area contributed by atoms with Crippen molar-refractivity contribution >= 4 is 51.9 Å². The summed E-state index contributed by atoms with van der Waals surface area (Å²) in [6.45, 7) is 4.04.